The minimum Gasteiger partial charge on any atom is -0.462 e. The molecule has 6 heteroatoms. The molecule has 18 heavy (non-hydrogen) atoms. The predicted octanol–water partition coefficient (Wildman–Crippen LogP) is 0.707. The Labute approximate surface area is 107 Å². The summed E-state index contributed by atoms with van der Waals surface area (Å²) in [6.45, 7) is 8.24. The van der Waals surface area contributed by atoms with Crippen LogP contribution in [0.4, 0.5) is 0 Å². The van der Waals surface area contributed by atoms with Gasteiger partial charge in [0.1, 0.15) is 17.7 Å². The first-order valence-electron chi connectivity index (χ1n) is 6.03. The lowest BCUT2D eigenvalue weighted by molar-refractivity contribution is -0.362. The highest BCUT2D eigenvalue weighted by Gasteiger charge is 2.57. The van der Waals surface area contributed by atoms with Gasteiger partial charge in [-0.15, -0.1) is 0 Å². The van der Waals surface area contributed by atoms with Gasteiger partial charge in [-0.05, 0) is 27.7 Å². The first-order valence-corrected chi connectivity index (χ1v) is 6.03. The molecule has 0 amide bonds. The Kier molecular flexibility index (Phi) is 3.18. The number of esters is 1. The van der Waals surface area contributed by atoms with E-state index in [-0.39, 0.29) is 12.6 Å². The molecule has 104 valence electrons. The maximum absolute atomic E-state index is 11.8. The minimum absolute atomic E-state index is 0.208. The Morgan fingerprint density at radius 3 is 2.17 bits per heavy atom. The summed E-state index contributed by atoms with van der Waals surface area (Å²) < 4.78 is 16.6. The molecule has 2 rings (SSSR count). The van der Waals surface area contributed by atoms with Crippen LogP contribution in [0.2, 0.25) is 0 Å². The zero-order valence-electron chi connectivity index (χ0n) is 11.6. The average Bonchev–Trinajstić information content (AvgIpc) is 2.29. The Morgan fingerprint density at radius 1 is 1.11 bits per heavy atom. The lowest BCUT2D eigenvalue weighted by Gasteiger charge is -2.54. The molecule has 2 heterocycles. The molecule has 0 aromatic heterocycles. The van der Waals surface area contributed by atoms with Crippen molar-refractivity contribution in [2.24, 2.45) is 0 Å². The number of hydrogen-bond donors (Lipinski definition) is 0. The van der Waals surface area contributed by atoms with Gasteiger partial charge in [0.05, 0.1) is 20.3 Å². The van der Waals surface area contributed by atoms with Gasteiger partial charge in [-0.2, -0.15) is 5.06 Å². The molecule has 0 bridgehead atoms. The van der Waals surface area contributed by atoms with E-state index < -0.39 is 16.9 Å². The predicted molar refractivity (Wildman–Crippen MR) is 62.6 cm³/mol. The number of rotatable bonds is 1. The monoisotopic (exact) mass is 259 g/mol. The van der Waals surface area contributed by atoms with Gasteiger partial charge in [-0.3, -0.25) is 0 Å². The summed E-state index contributed by atoms with van der Waals surface area (Å²) in [6.07, 6.45) is 0. The van der Waals surface area contributed by atoms with E-state index >= 15 is 0 Å². The zero-order valence-corrected chi connectivity index (χ0v) is 11.6. The van der Waals surface area contributed by atoms with Crippen LogP contribution < -0.4 is 0 Å². The molecule has 2 aliphatic heterocycles. The third-order valence-electron chi connectivity index (χ3n) is 3.47. The van der Waals surface area contributed by atoms with E-state index in [1.165, 1.54) is 0 Å². The van der Waals surface area contributed by atoms with Crippen molar-refractivity contribution in [1.29, 1.82) is 0 Å². The number of carbonyl (C=O) groups is 1. The summed E-state index contributed by atoms with van der Waals surface area (Å²) in [5.74, 6) is -0.921. The topological polar surface area (TPSA) is 57.2 Å². The van der Waals surface area contributed by atoms with Crippen LogP contribution in [0, 0.1) is 0 Å². The number of cyclic esters (lactones) is 1. The van der Waals surface area contributed by atoms with Crippen LogP contribution in [0.5, 0.6) is 0 Å². The number of carbonyl (C=O) groups excluding carboxylic acids is 1. The number of ether oxygens (including phenoxy) is 3. The number of hydroxylamine groups is 2. The normalized spacial score (nSPS) is 30.2. The van der Waals surface area contributed by atoms with Crippen molar-refractivity contribution in [3.8, 4) is 0 Å². The van der Waals surface area contributed by atoms with E-state index in [9.17, 15) is 4.79 Å². The van der Waals surface area contributed by atoms with Crippen molar-refractivity contribution >= 4 is 5.97 Å². The fraction of sp³-hybridized carbons (Fsp3) is 0.917. The zero-order chi connectivity index (χ0) is 13.6. The van der Waals surface area contributed by atoms with Crippen LogP contribution >= 0.6 is 0 Å². The summed E-state index contributed by atoms with van der Waals surface area (Å²) in [6, 6.07) is 0. The Balaban J connectivity index is 2.25. The summed E-state index contributed by atoms with van der Waals surface area (Å²) in [4.78, 5) is 17.2. The summed E-state index contributed by atoms with van der Waals surface area (Å²) in [5.41, 5.74) is -1.44. The van der Waals surface area contributed by atoms with Crippen molar-refractivity contribution in [2.45, 2.75) is 44.6 Å². The summed E-state index contributed by atoms with van der Waals surface area (Å²) in [5, 5.41) is 1.64. The molecular weight excluding hydrogens is 238 g/mol. The van der Waals surface area contributed by atoms with Crippen LogP contribution in [0.3, 0.4) is 0 Å². The lowest BCUT2D eigenvalue weighted by atomic mass is 9.91. The molecule has 0 aromatic carbocycles. The molecule has 0 aromatic rings. The van der Waals surface area contributed by atoms with Gasteiger partial charge in [0, 0.05) is 0 Å². The SMILES string of the molecule is CON1C2(COC(=O)C1(C)C)COC(C)(C)OC2. The van der Waals surface area contributed by atoms with E-state index in [0.717, 1.165) is 0 Å². The van der Waals surface area contributed by atoms with Crippen LogP contribution in [0.15, 0.2) is 0 Å². The van der Waals surface area contributed by atoms with Gasteiger partial charge in [0.25, 0.3) is 0 Å². The highest BCUT2D eigenvalue weighted by atomic mass is 16.7. The van der Waals surface area contributed by atoms with E-state index in [1.807, 2.05) is 13.8 Å². The highest BCUT2D eigenvalue weighted by molar-refractivity contribution is 5.80. The molecule has 0 saturated carbocycles. The minimum atomic E-state index is -0.860. The number of hydrogen-bond acceptors (Lipinski definition) is 6. The first kappa shape index (κ1) is 13.7. The fourth-order valence-corrected chi connectivity index (χ4v) is 2.43. The van der Waals surface area contributed by atoms with Gasteiger partial charge in [-0.25, -0.2) is 4.79 Å². The first-order chi connectivity index (χ1) is 8.23. The average molecular weight is 259 g/mol. The summed E-state index contributed by atoms with van der Waals surface area (Å²) in [7, 11) is 1.54. The molecule has 0 aliphatic carbocycles. The van der Waals surface area contributed by atoms with Gasteiger partial charge in [-0.1, -0.05) is 0 Å². The maximum Gasteiger partial charge on any atom is 0.328 e. The Bertz CT molecular complexity index is 342. The van der Waals surface area contributed by atoms with Gasteiger partial charge < -0.3 is 19.0 Å². The van der Waals surface area contributed by atoms with Crippen LogP contribution in [-0.4, -0.2) is 54.8 Å². The van der Waals surface area contributed by atoms with E-state index in [0.29, 0.717) is 13.2 Å². The second-order valence-electron chi connectivity index (χ2n) is 5.81. The molecule has 0 N–H and O–H groups in total. The van der Waals surface area contributed by atoms with Crippen molar-refractivity contribution in [2.75, 3.05) is 26.9 Å². The van der Waals surface area contributed by atoms with Crippen LogP contribution in [-0.2, 0) is 23.8 Å². The second-order valence-corrected chi connectivity index (χ2v) is 5.81. The van der Waals surface area contributed by atoms with E-state index in [4.69, 9.17) is 19.0 Å². The summed E-state index contributed by atoms with van der Waals surface area (Å²) >= 11 is 0. The molecular formula is C12H21NO5. The van der Waals surface area contributed by atoms with E-state index in [1.54, 1.807) is 26.0 Å². The molecule has 0 unspecified atom stereocenters. The van der Waals surface area contributed by atoms with Crippen molar-refractivity contribution in [3.63, 3.8) is 0 Å². The Hall–Kier alpha value is -0.690. The Morgan fingerprint density at radius 2 is 1.67 bits per heavy atom. The smallest absolute Gasteiger partial charge is 0.328 e. The van der Waals surface area contributed by atoms with Crippen molar-refractivity contribution < 1.29 is 23.8 Å². The molecule has 2 fully saturated rings. The molecule has 0 radical (unpaired) electrons. The third-order valence-corrected chi connectivity index (χ3v) is 3.47. The second kappa shape index (κ2) is 4.16. The number of nitrogens with zero attached hydrogens (tertiary/aromatic N) is 1. The quantitative estimate of drug-likeness (QED) is 0.646. The fourth-order valence-electron chi connectivity index (χ4n) is 2.43. The largest absolute Gasteiger partial charge is 0.462 e. The van der Waals surface area contributed by atoms with Crippen LogP contribution in [0.1, 0.15) is 27.7 Å². The lowest BCUT2D eigenvalue weighted by Crippen LogP contribution is -2.73. The highest BCUT2D eigenvalue weighted by Crippen LogP contribution is 2.36. The van der Waals surface area contributed by atoms with Crippen molar-refractivity contribution in [3.05, 3.63) is 0 Å². The third kappa shape index (κ3) is 2.03. The van der Waals surface area contributed by atoms with Crippen LogP contribution in [0.25, 0.3) is 0 Å². The van der Waals surface area contributed by atoms with E-state index in [2.05, 4.69) is 0 Å². The van der Waals surface area contributed by atoms with Crippen molar-refractivity contribution in [1.82, 2.24) is 5.06 Å². The molecule has 6 nitrogen and oxygen atoms in total. The molecule has 2 saturated heterocycles. The molecule has 2 aliphatic rings. The molecule has 0 atom stereocenters. The van der Waals surface area contributed by atoms with Gasteiger partial charge in [0.15, 0.2) is 5.79 Å². The maximum atomic E-state index is 11.8. The number of morpholine rings is 1. The molecule has 1 spiro atoms. The van der Waals surface area contributed by atoms with Gasteiger partial charge >= 0.3 is 5.97 Å². The van der Waals surface area contributed by atoms with Gasteiger partial charge in [0.2, 0.25) is 0 Å². The standard InChI is InChI=1S/C12H21NO5/c1-10(2)9(14)16-6-12(13(10)15-5)7-17-11(3,4)18-8-12/h6-8H2,1-5H3.